The predicted octanol–water partition coefficient (Wildman–Crippen LogP) is 1.71. The molecule has 1 amide bonds. The molecule has 0 N–H and O–H groups in total. The smallest absolute Gasteiger partial charge is 0.252 e. The number of hydrogen-bond acceptors (Lipinski definition) is 5. The Bertz CT molecular complexity index is 685. The first-order valence-electron chi connectivity index (χ1n) is 8.38. The van der Waals surface area contributed by atoms with Crippen LogP contribution in [0.5, 0.6) is 0 Å². The van der Waals surface area contributed by atoms with Crippen LogP contribution < -0.4 is 0 Å². The molecule has 2 atom stereocenters. The quantitative estimate of drug-likeness (QED) is 0.807. The van der Waals surface area contributed by atoms with Crippen LogP contribution >= 0.6 is 11.3 Å². The highest BCUT2D eigenvalue weighted by Gasteiger charge is 2.30. The number of nitrogens with zero attached hydrogens (tertiary/aromatic N) is 2. The van der Waals surface area contributed by atoms with Gasteiger partial charge < -0.3 is 9.64 Å². The summed E-state index contributed by atoms with van der Waals surface area (Å²) in [4.78, 5) is 15.1. The summed E-state index contributed by atoms with van der Waals surface area (Å²) in [5.74, 6) is 0.0315. The van der Waals surface area contributed by atoms with Crippen molar-refractivity contribution in [1.29, 1.82) is 0 Å². The van der Waals surface area contributed by atoms with Crippen molar-refractivity contribution in [3.63, 3.8) is 0 Å². The second-order valence-corrected chi connectivity index (χ2v) is 9.90. The highest BCUT2D eigenvalue weighted by Crippen LogP contribution is 2.28. The van der Waals surface area contributed by atoms with Gasteiger partial charge in [-0.3, -0.25) is 4.79 Å². The van der Waals surface area contributed by atoms with Gasteiger partial charge in [0, 0.05) is 31.1 Å². The van der Waals surface area contributed by atoms with E-state index in [1.54, 1.807) is 12.1 Å². The number of rotatable bonds is 4. The van der Waals surface area contributed by atoms with Gasteiger partial charge in [0.05, 0.1) is 18.6 Å². The highest BCUT2D eigenvalue weighted by atomic mass is 32.2. The number of hydrogen-bond donors (Lipinski definition) is 0. The zero-order valence-corrected chi connectivity index (χ0v) is 15.7. The molecule has 0 spiro atoms. The van der Waals surface area contributed by atoms with Gasteiger partial charge in [-0.25, -0.2) is 8.42 Å². The minimum atomic E-state index is -3.39. The fourth-order valence-electron chi connectivity index (χ4n) is 3.29. The van der Waals surface area contributed by atoms with Gasteiger partial charge in [0.25, 0.3) is 10.0 Å². The van der Waals surface area contributed by atoms with Gasteiger partial charge in [0.2, 0.25) is 5.91 Å². The van der Waals surface area contributed by atoms with Crippen LogP contribution in [0.25, 0.3) is 0 Å². The van der Waals surface area contributed by atoms with Crippen LogP contribution in [-0.4, -0.2) is 61.9 Å². The minimum absolute atomic E-state index is 0.0315. The van der Waals surface area contributed by atoms with E-state index in [0.717, 1.165) is 17.7 Å². The Labute approximate surface area is 147 Å². The van der Waals surface area contributed by atoms with E-state index >= 15 is 0 Å². The van der Waals surface area contributed by atoms with Crippen molar-refractivity contribution in [2.24, 2.45) is 0 Å². The zero-order chi connectivity index (χ0) is 17.3. The van der Waals surface area contributed by atoms with Crippen molar-refractivity contribution in [3.8, 4) is 0 Å². The summed E-state index contributed by atoms with van der Waals surface area (Å²) in [6.45, 7) is 6.29. The standard InChI is InChI=1S/C16H24N2O4S2/c1-12-10-17(11-13(2)22-12)15(19)9-14-5-6-16(23-14)24(20,21)18-7-3-4-8-18/h5-6,12-13H,3-4,7-11H2,1-2H3. The number of amides is 1. The molecule has 2 aliphatic rings. The first-order valence-corrected chi connectivity index (χ1v) is 10.6. The molecule has 2 unspecified atom stereocenters. The SMILES string of the molecule is CC1CN(C(=O)Cc2ccc(S(=O)(=O)N3CCCC3)s2)CC(C)O1. The Morgan fingerprint density at radius 2 is 1.83 bits per heavy atom. The maximum atomic E-state index is 12.5. The van der Waals surface area contributed by atoms with Crippen molar-refractivity contribution in [2.45, 2.75) is 49.5 Å². The summed E-state index contributed by atoms with van der Waals surface area (Å²) in [7, 11) is -3.39. The lowest BCUT2D eigenvalue weighted by Gasteiger charge is -2.35. The Balaban J connectivity index is 1.66. The summed E-state index contributed by atoms with van der Waals surface area (Å²) >= 11 is 1.21. The lowest BCUT2D eigenvalue weighted by molar-refractivity contribution is -0.142. The minimum Gasteiger partial charge on any atom is -0.372 e. The Morgan fingerprint density at radius 1 is 1.21 bits per heavy atom. The van der Waals surface area contributed by atoms with Crippen molar-refractivity contribution in [2.75, 3.05) is 26.2 Å². The first-order chi connectivity index (χ1) is 11.4. The molecule has 0 aromatic carbocycles. The van der Waals surface area contributed by atoms with Gasteiger partial charge >= 0.3 is 0 Å². The molecule has 2 fully saturated rings. The second-order valence-electron chi connectivity index (χ2n) is 6.56. The monoisotopic (exact) mass is 372 g/mol. The molecule has 0 aliphatic carbocycles. The van der Waals surface area contributed by atoms with E-state index in [-0.39, 0.29) is 24.5 Å². The fourth-order valence-corrected chi connectivity index (χ4v) is 6.31. The van der Waals surface area contributed by atoms with Crippen LogP contribution in [-0.2, 0) is 26.0 Å². The summed E-state index contributed by atoms with van der Waals surface area (Å²) in [6, 6.07) is 3.39. The van der Waals surface area contributed by atoms with Gasteiger partial charge in [-0.05, 0) is 38.8 Å². The van der Waals surface area contributed by atoms with E-state index in [1.165, 1.54) is 15.6 Å². The maximum absolute atomic E-state index is 12.5. The molecule has 0 bridgehead atoms. The molecule has 3 heterocycles. The van der Waals surface area contributed by atoms with E-state index in [0.29, 0.717) is 30.4 Å². The normalized spacial score (nSPS) is 26.0. The average Bonchev–Trinajstić information content (AvgIpc) is 3.18. The number of thiophene rings is 1. The fraction of sp³-hybridized carbons (Fsp3) is 0.688. The molecule has 0 radical (unpaired) electrons. The van der Waals surface area contributed by atoms with E-state index in [4.69, 9.17) is 4.74 Å². The summed E-state index contributed by atoms with van der Waals surface area (Å²) in [6.07, 6.45) is 2.16. The third-order valence-electron chi connectivity index (χ3n) is 4.39. The highest BCUT2D eigenvalue weighted by molar-refractivity contribution is 7.91. The zero-order valence-electron chi connectivity index (χ0n) is 14.1. The summed E-state index contributed by atoms with van der Waals surface area (Å²) < 4.78 is 32.6. The molecular formula is C16H24N2O4S2. The Hall–Kier alpha value is -0.960. The van der Waals surface area contributed by atoms with Gasteiger partial charge in [0.15, 0.2) is 0 Å². The lowest BCUT2D eigenvalue weighted by Crippen LogP contribution is -2.48. The van der Waals surface area contributed by atoms with E-state index in [2.05, 4.69) is 0 Å². The van der Waals surface area contributed by atoms with Gasteiger partial charge in [-0.2, -0.15) is 4.31 Å². The molecule has 1 aromatic heterocycles. The molecule has 24 heavy (non-hydrogen) atoms. The van der Waals surface area contributed by atoms with Crippen LogP contribution in [0.4, 0.5) is 0 Å². The average molecular weight is 373 g/mol. The Kier molecular flexibility index (Phi) is 5.29. The topological polar surface area (TPSA) is 66.9 Å². The molecule has 134 valence electrons. The van der Waals surface area contributed by atoms with Crippen LogP contribution in [0.3, 0.4) is 0 Å². The summed E-state index contributed by atoms with van der Waals surface area (Å²) in [5.41, 5.74) is 0. The molecule has 3 rings (SSSR count). The van der Waals surface area contributed by atoms with Gasteiger partial charge in [-0.15, -0.1) is 11.3 Å². The van der Waals surface area contributed by atoms with Crippen LogP contribution in [0.2, 0.25) is 0 Å². The third kappa shape index (κ3) is 3.82. The number of ether oxygens (including phenoxy) is 1. The molecule has 1 aromatic rings. The number of carbonyl (C=O) groups excluding carboxylic acids is 1. The van der Waals surface area contributed by atoms with E-state index < -0.39 is 10.0 Å². The number of sulfonamides is 1. The van der Waals surface area contributed by atoms with Crippen molar-refractivity contribution < 1.29 is 17.9 Å². The van der Waals surface area contributed by atoms with Crippen molar-refractivity contribution in [3.05, 3.63) is 17.0 Å². The van der Waals surface area contributed by atoms with Crippen molar-refractivity contribution in [1.82, 2.24) is 9.21 Å². The summed E-state index contributed by atoms with van der Waals surface area (Å²) in [5, 5.41) is 0. The van der Waals surface area contributed by atoms with E-state index in [1.807, 2.05) is 18.7 Å². The molecule has 0 saturated carbocycles. The molecule has 2 aliphatic heterocycles. The van der Waals surface area contributed by atoms with Crippen LogP contribution in [0.15, 0.2) is 16.3 Å². The number of morpholine rings is 1. The van der Waals surface area contributed by atoms with Crippen LogP contribution in [0, 0.1) is 0 Å². The molecule has 8 heteroatoms. The largest absolute Gasteiger partial charge is 0.372 e. The van der Waals surface area contributed by atoms with Gasteiger partial charge in [0.1, 0.15) is 4.21 Å². The maximum Gasteiger partial charge on any atom is 0.252 e. The predicted molar refractivity (Wildman–Crippen MR) is 92.6 cm³/mol. The van der Waals surface area contributed by atoms with Crippen LogP contribution in [0.1, 0.15) is 31.6 Å². The Morgan fingerprint density at radius 3 is 2.46 bits per heavy atom. The second kappa shape index (κ2) is 7.11. The lowest BCUT2D eigenvalue weighted by atomic mass is 10.2. The first kappa shape index (κ1) is 17.8. The van der Waals surface area contributed by atoms with Gasteiger partial charge in [-0.1, -0.05) is 0 Å². The molecule has 2 saturated heterocycles. The van der Waals surface area contributed by atoms with Crippen molar-refractivity contribution >= 4 is 27.3 Å². The molecular weight excluding hydrogens is 348 g/mol. The molecule has 6 nitrogen and oxygen atoms in total. The number of carbonyl (C=O) groups is 1. The van der Waals surface area contributed by atoms with E-state index in [9.17, 15) is 13.2 Å². The third-order valence-corrected chi connectivity index (χ3v) is 7.85.